The molecular formula is C15H24N4O3S. The molecule has 7 nitrogen and oxygen atoms in total. The van der Waals surface area contributed by atoms with E-state index in [9.17, 15) is 9.59 Å². The van der Waals surface area contributed by atoms with E-state index in [1.807, 2.05) is 0 Å². The highest BCUT2D eigenvalue weighted by Gasteiger charge is 2.33. The number of carbonyl (C=O) groups is 2. The lowest BCUT2D eigenvalue weighted by Gasteiger charge is -2.28. The summed E-state index contributed by atoms with van der Waals surface area (Å²) in [5.74, 6) is 0.972. The van der Waals surface area contributed by atoms with Gasteiger partial charge in [-0.05, 0) is 26.7 Å². The highest BCUT2D eigenvalue weighted by atomic mass is 32.2. The van der Waals surface area contributed by atoms with Gasteiger partial charge < -0.3 is 20.9 Å². The molecule has 1 saturated carbocycles. The van der Waals surface area contributed by atoms with E-state index < -0.39 is 0 Å². The first-order valence-electron chi connectivity index (χ1n) is 7.81. The molecule has 1 heterocycles. The zero-order valence-electron chi connectivity index (χ0n) is 13.6. The van der Waals surface area contributed by atoms with Crippen molar-refractivity contribution < 1.29 is 14.1 Å². The first kappa shape index (κ1) is 17.8. The summed E-state index contributed by atoms with van der Waals surface area (Å²) in [5.41, 5.74) is 5.56. The van der Waals surface area contributed by atoms with Gasteiger partial charge in [0.1, 0.15) is 5.76 Å². The SMILES string of the molecule is Cc1cc(NC(=O)C(C)SCC(=O)NC2(CN)CCCC2)no1. The summed E-state index contributed by atoms with van der Waals surface area (Å²) < 4.78 is 4.89. The number of aromatic nitrogens is 1. The lowest BCUT2D eigenvalue weighted by Crippen LogP contribution is -2.52. The van der Waals surface area contributed by atoms with Crippen molar-refractivity contribution in [3.63, 3.8) is 0 Å². The number of anilines is 1. The largest absolute Gasteiger partial charge is 0.360 e. The van der Waals surface area contributed by atoms with Gasteiger partial charge in [-0.2, -0.15) is 0 Å². The van der Waals surface area contributed by atoms with Crippen LogP contribution < -0.4 is 16.4 Å². The van der Waals surface area contributed by atoms with Crippen LogP contribution in [0.4, 0.5) is 5.82 Å². The number of nitrogens with zero attached hydrogens (tertiary/aromatic N) is 1. The van der Waals surface area contributed by atoms with E-state index in [-0.39, 0.29) is 28.4 Å². The third-order valence-electron chi connectivity index (χ3n) is 4.07. The van der Waals surface area contributed by atoms with Gasteiger partial charge in [-0.1, -0.05) is 18.0 Å². The summed E-state index contributed by atoms with van der Waals surface area (Å²) in [6.45, 7) is 3.97. The van der Waals surface area contributed by atoms with Crippen LogP contribution in [0.3, 0.4) is 0 Å². The molecule has 0 aromatic carbocycles. The van der Waals surface area contributed by atoms with Crippen molar-refractivity contribution in [3.05, 3.63) is 11.8 Å². The highest BCUT2D eigenvalue weighted by Crippen LogP contribution is 2.28. The lowest BCUT2D eigenvalue weighted by atomic mass is 9.98. The number of carbonyl (C=O) groups excluding carboxylic acids is 2. The van der Waals surface area contributed by atoms with Gasteiger partial charge in [-0.3, -0.25) is 9.59 Å². The molecule has 4 N–H and O–H groups in total. The van der Waals surface area contributed by atoms with Gasteiger partial charge in [0.15, 0.2) is 5.82 Å². The lowest BCUT2D eigenvalue weighted by molar-refractivity contribution is -0.120. The van der Waals surface area contributed by atoms with E-state index in [1.165, 1.54) is 11.8 Å². The fourth-order valence-corrected chi connectivity index (χ4v) is 3.38. The molecule has 0 radical (unpaired) electrons. The molecule has 23 heavy (non-hydrogen) atoms. The van der Waals surface area contributed by atoms with Crippen LogP contribution in [0.5, 0.6) is 0 Å². The van der Waals surface area contributed by atoms with E-state index in [0.29, 0.717) is 18.1 Å². The van der Waals surface area contributed by atoms with E-state index in [0.717, 1.165) is 25.7 Å². The second-order valence-electron chi connectivity index (χ2n) is 6.01. The summed E-state index contributed by atoms with van der Waals surface area (Å²) in [4.78, 5) is 24.1. The summed E-state index contributed by atoms with van der Waals surface area (Å²) in [6.07, 6.45) is 4.06. The van der Waals surface area contributed by atoms with Gasteiger partial charge in [-0.15, -0.1) is 11.8 Å². The summed E-state index contributed by atoms with van der Waals surface area (Å²) in [7, 11) is 0. The number of rotatable bonds is 7. The quantitative estimate of drug-likeness (QED) is 0.692. The van der Waals surface area contributed by atoms with Crippen molar-refractivity contribution in [1.29, 1.82) is 0 Å². The standard InChI is InChI=1S/C15H24N4O3S/c1-10-7-12(19-22-10)17-14(21)11(2)23-8-13(20)18-15(9-16)5-3-4-6-15/h7,11H,3-6,8-9,16H2,1-2H3,(H,18,20)(H,17,19,21). The number of thioether (sulfide) groups is 1. The first-order valence-corrected chi connectivity index (χ1v) is 8.86. The zero-order valence-corrected chi connectivity index (χ0v) is 14.4. The number of amides is 2. The molecule has 1 atom stereocenters. The molecule has 2 amide bonds. The van der Waals surface area contributed by atoms with Gasteiger partial charge in [0.2, 0.25) is 11.8 Å². The minimum atomic E-state index is -0.366. The smallest absolute Gasteiger partial charge is 0.238 e. The van der Waals surface area contributed by atoms with E-state index in [4.69, 9.17) is 10.3 Å². The normalized spacial score (nSPS) is 17.7. The molecule has 1 aromatic rings. The fourth-order valence-electron chi connectivity index (χ4n) is 2.69. The van der Waals surface area contributed by atoms with Crippen molar-refractivity contribution in [2.24, 2.45) is 5.73 Å². The maximum atomic E-state index is 12.1. The van der Waals surface area contributed by atoms with Crippen LogP contribution in [0.15, 0.2) is 10.6 Å². The Balaban J connectivity index is 1.75. The summed E-state index contributed by atoms with van der Waals surface area (Å²) >= 11 is 1.29. The maximum Gasteiger partial charge on any atom is 0.238 e. The number of aryl methyl sites for hydroxylation is 1. The van der Waals surface area contributed by atoms with Crippen molar-refractivity contribution in [2.45, 2.75) is 50.3 Å². The van der Waals surface area contributed by atoms with Crippen LogP contribution >= 0.6 is 11.8 Å². The Bertz CT molecular complexity index is 555. The summed E-state index contributed by atoms with van der Waals surface area (Å²) in [6, 6.07) is 1.65. The average molecular weight is 340 g/mol. The minimum absolute atomic E-state index is 0.0701. The van der Waals surface area contributed by atoms with Crippen LogP contribution in [0.2, 0.25) is 0 Å². The second kappa shape index (κ2) is 7.83. The third kappa shape index (κ3) is 4.97. The van der Waals surface area contributed by atoms with Crippen LogP contribution in [0, 0.1) is 6.92 Å². The Morgan fingerprint density at radius 3 is 2.74 bits per heavy atom. The number of nitrogens with two attached hydrogens (primary N) is 1. The molecule has 0 spiro atoms. The number of hydrogen-bond acceptors (Lipinski definition) is 6. The molecule has 128 valence electrons. The Morgan fingerprint density at radius 1 is 1.48 bits per heavy atom. The Morgan fingerprint density at radius 2 is 2.17 bits per heavy atom. The predicted octanol–water partition coefficient (Wildman–Crippen LogP) is 1.43. The molecule has 0 bridgehead atoms. The van der Waals surface area contributed by atoms with Crippen molar-refractivity contribution in [3.8, 4) is 0 Å². The van der Waals surface area contributed by atoms with E-state index in [2.05, 4.69) is 15.8 Å². The molecule has 1 aromatic heterocycles. The summed E-state index contributed by atoms with van der Waals surface area (Å²) in [5, 5.41) is 9.05. The molecule has 8 heteroatoms. The van der Waals surface area contributed by atoms with Gasteiger partial charge in [0.25, 0.3) is 0 Å². The van der Waals surface area contributed by atoms with Crippen LogP contribution in [0.1, 0.15) is 38.4 Å². The van der Waals surface area contributed by atoms with Gasteiger partial charge in [-0.25, -0.2) is 0 Å². The van der Waals surface area contributed by atoms with Crippen LogP contribution in [-0.4, -0.2) is 40.1 Å². The van der Waals surface area contributed by atoms with E-state index >= 15 is 0 Å². The molecule has 1 unspecified atom stereocenters. The fraction of sp³-hybridized carbons (Fsp3) is 0.667. The molecular weight excluding hydrogens is 316 g/mol. The van der Waals surface area contributed by atoms with Gasteiger partial charge in [0, 0.05) is 12.6 Å². The Labute approximate surface area is 140 Å². The second-order valence-corrected chi connectivity index (χ2v) is 7.33. The molecule has 0 aliphatic heterocycles. The number of nitrogens with one attached hydrogen (secondary N) is 2. The molecule has 2 rings (SSSR count). The molecule has 1 aliphatic rings. The van der Waals surface area contributed by atoms with Crippen molar-refractivity contribution in [1.82, 2.24) is 10.5 Å². The van der Waals surface area contributed by atoms with Crippen LogP contribution in [-0.2, 0) is 9.59 Å². The Hall–Kier alpha value is -1.54. The van der Waals surface area contributed by atoms with Crippen molar-refractivity contribution in [2.75, 3.05) is 17.6 Å². The molecule has 1 fully saturated rings. The zero-order chi connectivity index (χ0) is 16.9. The Kier molecular flexibility index (Phi) is 6.06. The predicted molar refractivity (Wildman–Crippen MR) is 90.2 cm³/mol. The topological polar surface area (TPSA) is 110 Å². The minimum Gasteiger partial charge on any atom is -0.360 e. The van der Waals surface area contributed by atoms with Gasteiger partial charge in [0.05, 0.1) is 16.5 Å². The monoisotopic (exact) mass is 340 g/mol. The molecule has 0 saturated heterocycles. The van der Waals surface area contributed by atoms with Gasteiger partial charge >= 0.3 is 0 Å². The number of hydrogen-bond donors (Lipinski definition) is 3. The molecule has 1 aliphatic carbocycles. The third-order valence-corrected chi connectivity index (χ3v) is 5.21. The first-order chi connectivity index (χ1) is 10.9. The van der Waals surface area contributed by atoms with Crippen LogP contribution in [0.25, 0.3) is 0 Å². The van der Waals surface area contributed by atoms with Crippen molar-refractivity contribution >= 4 is 29.4 Å². The van der Waals surface area contributed by atoms with E-state index in [1.54, 1.807) is 19.9 Å². The maximum absolute atomic E-state index is 12.1. The highest BCUT2D eigenvalue weighted by molar-refractivity contribution is 8.01. The average Bonchev–Trinajstić information content (AvgIpc) is 3.14.